The van der Waals surface area contributed by atoms with Crippen LogP contribution in [0.15, 0.2) is 12.1 Å². The molecule has 0 aliphatic carbocycles. The molecule has 0 fully saturated rings. The number of carbonyl (C=O) groups excluding carboxylic acids is 1. The second kappa shape index (κ2) is 5.97. The van der Waals surface area contributed by atoms with Gasteiger partial charge in [0.2, 0.25) is 0 Å². The fourth-order valence-corrected chi connectivity index (χ4v) is 2.17. The zero-order chi connectivity index (χ0) is 15.6. The van der Waals surface area contributed by atoms with Gasteiger partial charge in [-0.25, -0.2) is 4.68 Å². The van der Waals surface area contributed by atoms with Crippen LogP contribution in [0.3, 0.4) is 0 Å². The standard InChI is InChI=1S/C15H19N3O3/c1-9-5-11(13(21-4)6-10(9)2)14-12(7-19)15(16)18(17-14)8-20-3/h5-7H,8,16H2,1-4H3. The summed E-state index contributed by atoms with van der Waals surface area (Å²) < 4.78 is 11.9. The van der Waals surface area contributed by atoms with Crippen molar-refractivity contribution in [3.63, 3.8) is 0 Å². The van der Waals surface area contributed by atoms with Gasteiger partial charge in [0, 0.05) is 12.7 Å². The summed E-state index contributed by atoms with van der Waals surface area (Å²) in [4.78, 5) is 11.4. The summed E-state index contributed by atoms with van der Waals surface area (Å²) in [5, 5.41) is 4.38. The first-order valence-electron chi connectivity index (χ1n) is 6.49. The molecule has 0 atom stereocenters. The van der Waals surface area contributed by atoms with Gasteiger partial charge in [-0.2, -0.15) is 5.10 Å². The van der Waals surface area contributed by atoms with E-state index in [0.717, 1.165) is 16.7 Å². The lowest BCUT2D eigenvalue weighted by molar-refractivity contribution is 0.112. The molecule has 0 unspecified atom stereocenters. The summed E-state index contributed by atoms with van der Waals surface area (Å²) in [6.07, 6.45) is 0.707. The number of anilines is 1. The lowest BCUT2D eigenvalue weighted by Crippen LogP contribution is -2.06. The summed E-state index contributed by atoms with van der Waals surface area (Å²) in [6, 6.07) is 3.87. The van der Waals surface area contributed by atoms with Crippen molar-refractivity contribution in [1.82, 2.24) is 9.78 Å². The van der Waals surface area contributed by atoms with E-state index in [1.165, 1.54) is 11.8 Å². The second-order valence-electron chi connectivity index (χ2n) is 4.82. The van der Waals surface area contributed by atoms with Crippen molar-refractivity contribution in [2.45, 2.75) is 20.6 Å². The van der Waals surface area contributed by atoms with Crippen molar-refractivity contribution in [2.24, 2.45) is 0 Å². The maximum atomic E-state index is 11.4. The number of aldehydes is 1. The number of ether oxygens (including phenoxy) is 2. The number of nitrogen functional groups attached to an aromatic ring is 1. The molecule has 0 saturated carbocycles. The maximum absolute atomic E-state index is 11.4. The molecule has 1 heterocycles. The van der Waals surface area contributed by atoms with Crippen LogP contribution in [0.2, 0.25) is 0 Å². The third-order valence-corrected chi connectivity index (χ3v) is 3.47. The number of benzene rings is 1. The number of rotatable bonds is 5. The molecule has 2 aromatic rings. The van der Waals surface area contributed by atoms with Crippen LogP contribution in [0.25, 0.3) is 11.3 Å². The lowest BCUT2D eigenvalue weighted by Gasteiger charge is -2.10. The Labute approximate surface area is 123 Å². The van der Waals surface area contributed by atoms with E-state index in [4.69, 9.17) is 15.2 Å². The number of hydrogen-bond donors (Lipinski definition) is 1. The van der Waals surface area contributed by atoms with Crippen LogP contribution < -0.4 is 10.5 Å². The normalized spacial score (nSPS) is 10.7. The van der Waals surface area contributed by atoms with Gasteiger partial charge in [-0.05, 0) is 37.1 Å². The molecular weight excluding hydrogens is 270 g/mol. The molecule has 0 bridgehead atoms. The van der Waals surface area contributed by atoms with E-state index < -0.39 is 0 Å². The topological polar surface area (TPSA) is 79.4 Å². The molecule has 6 heteroatoms. The minimum Gasteiger partial charge on any atom is -0.496 e. The molecule has 1 aromatic carbocycles. The summed E-state index contributed by atoms with van der Waals surface area (Å²) >= 11 is 0. The van der Waals surface area contributed by atoms with E-state index in [-0.39, 0.29) is 12.5 Å². The second-order valence-corrected chi connectivity index (χ2v) is 4.82. The summed E-state index contributed by atoms with van der Waals surface area (Å²) in [5.74, 6) is 0.936. The highest BCUT2D eigenvalue weighted by atomic mass is 16.5. The third-order valence-electron chi connectivity index (χ3n) is 3.47. The van der Waals surface area contributed by atoms with Gasteiger partial charge in [0.1, 0.15) is 24.0 Å². The van der Waals surface area contributed by atoms with Crippen LogP contribution in [0, 0.1) is 13.8 Å². The first-order chi connectivity index (χ1) is 10.0. The van der Waals surface area contributed by atoms with Crippen LogP contribution in [0.1, 0.15) is 21.5 Å². The molecule has 0 aliphatic rings. The fraction of sp³-hybridized carbons (Fsp3) is 0.333. The number of aromatic nitrogens is 2. The van der Waals surface area contributed by atoms with Gasteiger partial charge in [-0.15, -0.1) is 0 Å². The molecular formula is C15H19N3O3. The zero-order valence-corrected chi connectivity index (χ0v) is 12.6. The van der Waals surface area contributed by atoms with E-state index in [2.05, 4.69) is 5.10 Å². The van der Waals surface area contributed by atoms with Gasteiger partial charge < -0.3 is 15.2 Å². The van der Waals surface area contributed by atoms with Gasteiger partial charge in [0.05, 0.1) is 12.7 Å². The minimum atomic E-state index is 0.180. The molecule has 0 saturated heterocycles. The van der Waals surface area contributed by atoms with Crippen LogP contribution in [-0.4, -0.2) is 30.3 Å². The first kappa shape index (κ1) is 15.1. The molecule has 112 valence electrons. The van der Waals surface area contributed by atoms with Gasteiger partial charge in [0.25, 0.3) is 0 Å². The number of methoxy groups -OCH3 is 2. The number of nitrogens with two attached hydrogens (primary N) is 1. The quantitative estimate of drug-likeness (QED) is 0.853. The van der Waals surface area contributed by atoms with Crippen molar-refractivity contribution < 1.29 is 14.3 Å². The van der Waals surface area contributed by atoms with Crippen LogP contribution in [0.4, 0.5) is 5.82 Å². The minimum absolute atomic E-state index is 0.180. The number of aryl methyl sites for hydroxylation is 2. The number of hydrogen-bond acceptors (Lipinski definition) is 5. The Kier molecular flexibility index (Phi) is 4.28. The molecule has 2 N–H and O–H groups in total. The Balaban J connectivity index is 2.69. The van der Waals surface area contributed by atoms with Crippen molar-refractivity contribution in [3.05, 3.63) is 28.8 Å². The van der Waals surface area contributed by atoms with Gasteiger partial charge in [-0.3, -0.25) is 4.79 Å². The highest BCUT2D eigenvalue weighted by Crippen LogP contribution is 2.35. The van der Waals surface area contributed by atoms with E-state index >= 15 is 0 Å². The van der Waals surface area contributed by atoms with Gasteiger partial charge in [0.15, 0.2) is 6.29 Å². The monoisotopic (exact) mass is 289 g/mol. The van der Waals surface area contributed by atoms with E-state index in [1.54, 1.807) is 7.11 Å². The molecule has 0 amide bonds. The molecule has 0 radical (unpaired) electrons. The van der Waals surface area contributed by atoms with E-state index in [1.807, 2.05) is 26.0 Å². The molecule has 0 aliphatic heterocycles. The number of carbonyl (C=O) groups is 1. The van der Waals surface area contributed by atoms with Gasteiger partial charge >= 0.3 is 0 Å². The van der Waals surface area contributed by atoms with Crippen LogP contribution in [0.5, 0.6) is 5.75 Å². The molecule has 2 rings (SSSR count). The summed E-state index contributed by atoms with van der Waals surface area (Å²) in [5.41, 5.74) is 9.72. The van der Waals surface area contributed by atoms with E-state index in [0.29, 0.717) is 23.3 Å². The first-order valence-corrected chi connectivity index (χ1v) is 6.49. The Morgan fingerprint density at radius 1 is 1.29 bits per heavy atom. The maximum Gasteiger partial charge on any atom is 0.156 e. The van der Waals surface area contributed by atoms with Crippen molar-refractivity contribution >= 4 is 12.1 Å². The average Bonchev–Trinajstić information content (AvgIpc) is 2.78. The molecule has 21 heavy (non-hydrogen) atoms. The molecule has 6 nitrogen and oxygen atoms in total. The van der Waals surface area contributed by atoms with Crippen molar-refractivity contribution in [3.8, 4) is 17.0 Å². The Morgan fingerprint density at radius 2 is 1.95 bits per heavy atom. The summed E-state index contributed by atoms with van der Waals surface area (Å²) in [7, 11) is 3.13. The third kappa shape index (κ3) is 2.62. The predicted molar refractivity (Wildman–Crippen MR) is 80.5 cm³/mol. The Morgan fingerprint density at radius 3 is 2.52 bits per heavy atom. The molecule has 1 aromatic heterocycles. The molecule has 0 spiro atoms. The largest absolute Gasteiger partial charge is 0.496 e. The SMILES string of the molecule is COCn1nc(-c2cc(C)c(C)cc2OC)c(C=O)c1N. The van der Waals surface area contributed by atoms with Crippen molar-refractivity contribution in [2.75, 3.05) is 20.0 Å². The Bertz CT molecular complexity index is 677. The Hall–Kier alpha value is -2.34. The van der Waals surface area contributed by atoms with Crippen molar-refractivity contribution in [1.29, 1.82) is 0 Å². The highest BCUT2D eigenvalue weighted by Gasteiger charge is 2.20. The highest BCUT2D eigenvalue weighted by molar-refractivity contribution is 5.93. The van der Waals surface area contributed by atoms with Crippen LogP contribution in [-0.2, 0) is 11.5 Å². The number of nitrogens with zero attached hydrogens (tertiary/aromatic N) is 2. The summed E-state index contributed by atoms with van der Waals surface area (Å²) in [6.45, 7) is 4.17. The average molecular weight is 289 g/mol. The lowest BCUT2D eigenvalue weighted by atomic mass is 10.0. The smallest absolute Gasteiger partial charge is 0.156 e. The zero-order valence-electron chi connectivity index (χ0n) is 12.6. The fourth-order valence-electron chi connectivity index (χ4n) is 2.17. The van der Waals surface area contributed by atoms with E-state index in [9.17, 15) is 4.79 Å². The van der Waals surface area contributed by atoms with Gasteiger partial charge in [-0.1, -0.05) is 0 Å². The van der Waals surface area contributed by atoms with Crippen LogP contribution >= 0.6 is 0 Å². The predicted octanol–water partition coefficient (Wildman–Crippen LogP) is 2.17.